The molecule has 142 valence electrons. The summed E-state index contributed by atoms with van der Waals surface area (Å²) in [5.74, 6) is -0.836. The highest BCUT2D eigenvalue weighted by Crippen LogP contribution is 2.42. The summed E-state index contributed by atoms with van der Waals surface area (Å²) in [6.45, 7) is 1.78. The van der Waals surface area contributed by atoms with Crippen molar-refractivity contribution in [1.82, 2.24) is 14.8 Å². The summed E-state index contributed by atoms with van der Waals surface area (Å²) in [5.41, 5.74) is 0.707. The van der Waals surface area contributed by atoms with Crippen LogP contribution in [0, 0.1) is 5.41 Å². The van der Waals surface area contributed by atoms with Gasteiger partial charge in [0.25, 0.3) is 5.91 Å². The lowest BCUT2D eigenvalue weighted by Crippen LogP contribution is -2.63. The summed E-state index contributed by atoms with van der Waals surface area (Å²) in [6, 6.07) is 9.67. The molecule has 2 atom stereocenters. The second-order valence-electron chi connectivity index (χ2n) is 7.47. The SMILES string of the molecule is CN1CCC[C@]2(C(=O)O)CCN(C(=O)c3csc(-c4ccccc4)n3)C[C@@H]12. The Kier molecular flexibility index (Phi) is 4.74. The molecule has 0 spiro atoms. The summed E-state index contributed by atoms with van der Waals surface area (Å²) in [7, 11) is 1.96. The van der Waals surface area contributed by atoms with E-state index in [4.69, 9.17) is 0 Å². The van der Waals surface area contributed by atoms with Crippen LogP contribution in [-0.4, -0.2) is 64.5 Å². The largest absolute Gasteiger partial charge is 0.481 e. The van der Waals surface area contributed by atoms with Gasteiger partial charge < -0.3 is 14.9 Å². The van der Waals surface area contributed by atoms with E-state index in [1.165, 1.54) is 11.3 Å². The van der Waals surface area contributed by atoms with Gasteiger partial charge in [0.2, 0.25) is 0 Å². The Hall–Kier alpha value is -2.25. The summed E-state index contributed by atoms with van der Waals surface area (Å²) in [6.07, 6.45) is 2.08. The van der Waals surface area contributed by atoms with Crippen molar-refractivity contribution in [3.63, 3.8) is 0 Å². The zero-order valence-corrected chi connectivity index (χ0v) is 16.1. The molecule has 1 aromatic carbocycles. The average Bonchev–Trinajstić information content (AvgIpc) is 3.18. The molecule has 1 aromatic heterocycles. The number of fused-ring (bicyclic) bond motifs is 1. The van der Waals surface area contributed by atoms with Crippen LogP contribution in [-0.2, 0) is 4.79 Å². The van der Waals surface area contributed by atoms with E-state index in [9.17, 15) is 14.7 Å². The second-order valence-corrected chi connectivity index (χ2v) is 8.32. The van der Waals surface area contributed by atoms with Gasteiger partial charge in [0.05, 0.1) is 5.41 Å². The Morgan fingerprint density at radius 2 is 2.00 bits per heavy atom. The smallest absolute Gasteiger partial charge is 0.311 e. The topological polar surface area (TPSA) is 73.7 Å². The monoisotopic (exact) mass is 385 g/mol. The van der Waals surface area contributed by atoms with Gasteiger partial charge in [0.1, 0.15) is 10.7 Å². The van der Waals surface area contributed by atoms with Gasteiger partial charge in [-0.25, -0.2) is 4.98 Å². The molecule has 0 bridgehead atoms. The van der Waals surface area contributed by atoms with Gasteiger partial charge in [-0.3, -0.25) is 9.59 Å². The van der Waals surface area contributed by atoms with Gasteiger partial charge in [-0.1, -0.05) is 30.3 Å². The van der Waals surface area contributed by atoms with Gasteiger partial charge >= 0.3 is 5.97 Å². The maximum atomic E-state index is 13.0. The molecule has 0 radical (unpaired) electrons. The summed E-state index contributed by atoms with van der Waals surface area (Å²) >= 11 is 1.46. The van der Waals surface area contributed by atoms with Gasteiger partial charge in [-0.15, -0.1) is 11.3 Å². The molecule has 2 saturated heterocycles. The number of carbonyl (C=O) groups excluding carboxylic acids is 1. The Morgan fingerprint density at radius 3 is 2.74 bits per heavy atom. The first-order valence-electron chi connectivity index (χ1n) is 9.25. The molecular weight excluding hydrogens is 362 g/mol. The minimum atomic E-state index is -0.735. The number of carboxylic acid groups (broad SMARTS) is 1. The molecule has 2 fully saturated rings. The van der Waals surface area contributed by atoms with Crippen LogP contribution in [0.4, 0.5) is 0 Å². The molecule has 0 saturated carbocycles. The van der Waals surface area contributed by atoms with E-state index in [-0.39, 0.29) is 11.9 Å². The number of thiazole rings is 1. The fraction of sp³-hybridized carbons (Fsp3) is 0.450. The van der Waals surface area contributed by atoms with Crippen LogP contribution < -0.4 is 0 Å². The molecular formula is C20H23N3O3S. The Morgan fingerprint density at radius 1 is 1.22 bits per heavy atom. The standard InChI is InChI=1S/C20H23N3O3S/c1-22-10-5-8-20(19(25)26)9-11-23(12-16(20)22)18(24)15-13-27-17(21-15)14-6-3-2-4-7-14/h2-4,6-7,13,16H,5,8-12H2,1H3,(H,25,26)/t16-,20+/m1/s1. The molecule has 0 unspecified atom stereocenters. The maximum Gasteiger partial charge on any atom is 0.311 e. The number of aliphatic carboxylic acids is 1. The van der Waals surface area contributed by atoms with Crippen molar-refractivity contribution in [2.75, 3.05) is 26.7 Å². The number of piperidine rings is 2. The number of likely N-dealkylation sites (N-methyl/N-ethyl adjacent to an activating group) is 1. The van der Waals surface area contributed by atoms with Crippen LogP contribution in [0.15, 0.2) is 35.7 Å². The number of carboxylic acids is 1. The first kappa shape index (κ1) is 18.1. The summed E-state index contributed by atoms with van der Waals surface area (Å²) in [5, 5.41) is 12.5. The minimum Gasteiger partial charge on any atom is -0.481 e. The number of hydrogen-bond acceptors (Lipinski definition) is 5. The van der Waals surface area contributed by atoms with Crippen molar-refractivity contribution in [3.8, 4) is 10.6 Å². The van der Waals surface area contributed by atoms with Crippen LogP contribution in [0.2, 0.25) is 0 Å². The number of carbonyl (C=O) groups is 2. The Balaban J connectivity index is 1.54. The van der Waals surface area contributed by atoms with E-state index in [0.717, 1.165) is 23.5 Å². The highest BCUT2D eigenvalue weighted by molar-refractivity contribution is 7.13. The fourth-order valence-electron chi connectivity index (χ4n) is 4.42. The molecule has 3 heterocycles. The summed E-state index contributed by atoms with van der Waals surface area (Å²) in [4.78, 5) is 33.4. The van der Waals surface area contributed by atoms with E-state index < -0.39 is 11.4 Å². The predicted octanol–water partition coefficient (Wildman–Crippen LogP) is 2.82. The average molecular weight is 385 g/mol. The van der Waals surface area contributed by atoms with E-state index in [1.54, 1.807) is 10.3 Å². The molecule has 6 nitrogen and oxygen atoms in total. The molecule has 0 aliphatic carbocycles. The second kappa shape index (κ2) is 7.05. The van der Waals surface area contributed by atoms with E-state index in [1.807, 2.05) is 37.4 Å². The normalized spacial score (nSPS) is 25.8. The third kappa shape index (κ3) is 3.15. The lowest BCUT2D eigenvalue weighted by molar-refractivity contribution is -0.161. The van der Waals surface area contributed by atoms with E-state index in [0.29, 0.717) is 31.6 Å². The van der Waals surface area contributed by atoms with Gasteiger partial charge in [-0.2, -0.15) is 0 Å². The third-order valence-electron chi connectivity index (χ3n) is 5.98. The van der Waals surface area contributed by atoms with Crippen molar-refractivity contribution in [1.29, 1.82) is 0 Å². The number of rotatable bonds is 3. The predicted molar refractivity (Wildman–Crippen MR) is 104 cm³/mol. The molecule has 7 heteroatoms. The van der Waals surface area contributed by atoms with Crippen molar-refractivity contribution in [2.45, 2.75) is 25.3 Å². The van der Waals surface area contributed by atoms with Gasteiger partial charge in [-0.05, 0) is 32.9 Å². The lowest BCUT2D eigenvalue weighted by atomic mass is 9.68. The fourth-order valence-corrected chi connectivity index (χ4v) is 5.22. The Labute approximate surface area is 162 Å². The highest BCUT2D eigenvalue weighted by atomic mass is 32.1. The number of likely N-dealkylation sites (tertiary alicyclic amines) is 2. The molecule has 1 N–H and O–H groups in total. The zero-order chi connectivity index (χ0) is 19.0. The Bertz CT molecular complexity index is 853. The number of nitrogens with zero attached hydrogens (tertiary/aromatic N) is 3. The number of hydrogen-bond donors (Lipinski definition) is 1. The quantitative estimate of drug-likeness (QED) is 0.879. The van der Waals surface area contributed by atoms with Crippen LogP contribution in [0.1, 0.15) is 29.8 Å². The number of amides is 1. The van der Waals surface area contributed by atoms with Crippen LogP contribution in [0.5, 0.6) is 0 Å². The van der Waals surface area contributed by atoms with Gasteiger partial charge in [0.15, 0.2) is 0 Å². The molecule has 2 aliphatic heterocycles. The number of aromatic nitrogens is 1. The maximum absolute atomic E-state index is 13.0. The minimum absolute atomic E-state index is 0.105. The first-order valence-corrected chi connectivity index (χ1v) is 10.1. The molecule has 1 amide bonds. The van der Waals surface area contributed by atoms with Crippen molar-refractivity contribution < 1.29 is 14.7 Å². The lowest BCUT2D eigenvalue weighted by Gasteiger charge is -2.51. The van der Waals surface area contributed by atoms with E-state index >= 15 is 0 Å². The van der Waals surface area contributed by atoms with Gasteiger partial charge in [0, 0.05) is 30.1 Å². The van der Waals surface area contributed by atoms with Crippen LogP contribution in [0.25, 0.3) is 10.6 Å². The highest BCUT2D eigenvalue weighted by Gasteiger charge is 2.52. The van der Waals surface area contributed by atoms with Crippen LogP contribution in [0.3, 0.4) is 0 Å². The molecule has 27 heavy (non-hydrogen) atoms. The van der Waals surface area contributed by atoms with Crippen molar-refractivity contribution in [3.05, 3.63) is 41.4 Å². The van der Waals surface area contributed by atoms with E-state index in [2.05, 4.69) is 9.88 Å². The zero-order valence-electron chi connectivity index (χ0n) is 15.3. The first-order chi connectivity index (χ1) is 13.0. The third-order valence-corrected chi connectivity index (χ3v) is 6.87. The van der Waals surface area contributed by atoms with Crippen molar-refractivity contribution in [2.24, 2.45) is 5.41 Å². The van der Waals surface area contributed by atoms with Crippen LogP contribution >= 0.6 is 11.3 Å². The molecule has 2 aliphatic rings. The summed E-state index contributed by atoms with van der Waals surface area (Å²) < 4.78 is 0. The molecule has 2 aromatic rings. The molecule has 4 rings (SSSR count). The van der Waals surface area contributed by atoms with Crippen molar-refractivity contribution >= 4 is 23.2 Å². The number of benzene rings is 1.